The van der Waals surface area contributed by atoms with Crippen LogP contribution in [-0.2, 0) is 6.54 Å². The zero-order chi connectivity index (χ0) is 12.3. The topological polar surface area (TPSA) is 41.1 Å². The van der Waals surface area contributed by atoms with E-state index in [4.69, 9.17) is 0 Å². The van der Waals surface area contributed by atoms with Crippen molar-refractivity contribution in [2.75, 3.05) is 25.5 Å². The van der Waals surface area contributed by atoms with Crippen LogP contribution in [0.25, 0.3) is 0 Å². The number of rotatable bonds is 3. The van der Waals surface area contributed by atoms with Crippen molar-refractivity contribution in [1.82, 2.24) is 14.9 Å². The van der Waals surface area contributed by atoms with Crippen LogP contribution in [0.5, 0.6) is 0 Å². The minimum absolute atomic E-state index is 0.795. The van der Waals surface area contributed by atoms with Crippen LogP contribution in [-0.4, -0.2) is 35.0 Å². The van der Waals surface area contributed by atoms with Crippen LogP contribution >= 0.6 is 0 Å². The van der Waals surface area contributed by atoms with Gasteiger partial charge in [0.2, 0.25) is 0 Å². The summed E-state index contributed by atoms with van der Waals surface area (Å²) in [4.78, 5) is 11.2. The highest BCUT2D eigenvalue weighted by Gasteiger charge is 2.21. The maximum atomic E-state index is 4.43. The summed E-state index contributed by atoms with van der Waals surface area (Å²) < 4.78 is 0. The first kappa shape index (κ1) is 12.3. The van der Waals surface area contributed by atoms with E-state index >= 15 is 0 Å². The average Bonchev–Trinajstić information content (AvgIpc) is 2.28. The Morgan fingerprint density at radius 3 is 2.47 bits per heavy atom. The van der Waals surface area contributed by atoms with E-state index in [1.807, 2.05) is 13.2 Å². The quantitative estimate of drug-likeness (QED) is 0.868. The molecular weight excluding hydrogens is 212 g/mol. The summed E-state index contributed by atoms with van der Waals surface area (Å²) in [6, 6.07) is 0. The van der Waals surface area contributed by atoms with Crippen LogP contribution in [0.2, 0.25) is 0 Å². The minimum Gasteiger partial charge on any atom is -0.372 e. The van der Waals surface area contributed by atoms with E-state index in [-0.39, 0.29) is 0 Å². The molecule has 17 heavy (non-hydrogen) atoms. The van der Waals surface area contributed by atoms with E-state index in [0.29, 0.717) is 0 Å². The normalized spacial score (nSPS) is 25.8. The fourth-order valence-corrected chi connectivity index (χ4v) is 2.72. The van der Waals surface area contributed by atoms with Gasteiger partial charge in [-0.2, -0.15) is 0 Å². The molecule has 1 aromatic heterocycles. The number of piperidine rings is 1. The van der Waals surface area contributed by atoms with Gasteiger partial charge in [-0.25, -0.2) is 4.98 Å². The molecule has 0 saturated carbocycles. The van der Waals surface area contributed by atoms with E-state index in [0.717, 1.165) is 29.9 Å². The van der Waals surface area contributed by atoms with Gasteiger partial charge in [-0.05, 0) is 18.3 Å². The molecule has 0 bridgehead atoms. The molecule has 1 fully saturated rings. The molecule has 4 heteroatoms. The fraction of sp³-hybridized carbons (Fsp3) is 0.692. The lowest BCUT2D eigenvalue weighted by molar-refractivity contribution is 0.133. The molecule has 2 rings (SSSR count). The van der Waals surface area contributed by atoms with Gasteiger partial charge in [0.05, 0.1) is 18.1 Å². The lowest BCUT2D eigenvalue weighted by Gasteiger charge is -2.34. The first-order chi connectivity index (χ1) is 8.17. The second-order valence-corrected chi connectivity index (χ2v) is 5.28. The maximum absolute atomic E-state index is 4.43. The van der Waals surface area contributed by atoms with Gasteiger partial charge in [-0.1, -0.05) is 13.8 Å². The van der Waals surface area contributed by atoms with Crippen molar-refractivity contribution in [3.05, 3.63) is 18.1 Å². The molecule has 2 heterocycles. The van der Waals surface area contributed by atoms with Crippen molar-refractivity contribution in [1.29, 1.82) is 0 Å². The van der Waals surface area contributed by atoms with Crippen molar-refractivity contribution < 1.29 is 0 Å². The lowest BCUT2D eigenvalue weighted by Crippen LogP contribution is -2.38. The Labute approximate surface area is 103 Å². The molecule has 1 aliphatic heterocycles. The Morgan fingerprint density at radius 1 is 1.24 bits per heavy atom. The molecule has 1 aromatic rings. The van der Waals surface area contributed by atoms with Crippen molar-refractivity contribution in [3.8, 4) is 0 Å². The van der Waals surface area contributed by atoms with Gasteiger partial charge in [0.1, 0.15) is 5.82 Å². The lowest BCUT2D eigenvalue weighted by atomic mass is 9.92. The van der Waals surface area contributed by atoms with E-state index < -0.39 is 0 Å². The summed E-state index contributed by atoms with van der Waals surface area (Å²) in [5.41, 5.74) is 1.06. The summed E-state index contributed by atoms with van der Waals surface area (Å²) in [5, 5.41) is 2.98. The summed E-state index contributed by atoms with van der Waals surface area (Å²) in [7, 11) is 1.86. The number of nitrogens with zero attached hydrogens (tertiary/aromatic N) is 3. The van der Waals surface area contributed by atoms with Gasteiger partial charge in [0, 0.05) is 26.7 Å². The zero-order valence-corrected chi connectivity index (χ0v) is 11.0. The molecule has 1 aliphatic rings. The third-order valence-corrected chi connectivity index (χ3v) is 3.29. The van der Waals surface area contributed by atoms with Crippen molar-refractivity contribution >= 4 is 5.82 Å². The van der Waals surface area contributed by atoms with Crippen LogP contribution < -0.4 is 5.32 Å². The number of aromatic nitrogens is 2. The predicted molar refractivity (Wildman–Crippen MR) is 69.8 cm³/mol. The highest BCUT2D eigenvalue weighted by atomic mass is 15.1. The number of hydrogen-bond donors (Lipinski definition) is 1. The number of hydrogen-bond acceptors (Lipinski definition) is 4. The van der Waals surface area contributed by atoms with Crippen LogP contribution in [0, 0.1) is 11.8 Å². The fourth-order valence-electron chi connectivity index (χ4n) is 2.72. The smallest absolute Gasteiger partial charge is 0.144 e. The summed E-state index contributed by atoms with van der Waals surface area (Å²) in [6.07, 6.45) is 5.02. The van der Waals surface area contributed by atoms with Crippen LogP contribution in [0.15, 0.2) is 12.4 Å². The van der Waals surface area contributed by atoms with E-state index in [1.54, 1.807) is 6.20 Å². The Bertz CT molecular complexity index is 339. The van der Waals surface area contributed by atoms with Crippen molar-refractivity contribution in [2.45, 2.75) is 26.8 Å². The molecule has 0 radical (unpaired) electrons. The Kier molecular flexibility index (Phi) is 3.94. The molecule has 0 aromatic carbocycles. The molecule has 1 saturated heterocycles. The van der Waals surface area contributed by atoms with Gasteiger partial charge < -0.3 is 5.32 Å². The van der Waals surface area contributed by atoms with Crippen LogP contribution in [0.4, 0.5) is 5.82 Å². The van der Waals surface area contributed by atoms with Gasteiger partial charge in [-0.3, -0.25) is 9.88 Å². The number of anilines is 1. The monoisotopic (exact) mass is 234 g/mol. The molecule has 2 atom stereocenters. The SMILES string of the molecule is CNc1cnc(CN2CC(C)CC(C)C2)cn1. The molecule has 94 valence electrons. The molecule has 2 unspecified atom stereocenters. The van der Waals surface area contributed by atoms with Gasteiger partial charge in [-0.15, -0.1) is 0 Å². The van der Waals surface area contributed by atoms with E-state index in [1.165, 1.54) is 19.5 Å². The molecule has 1 N–H and O–H groups in total. The third-order valence-electron chi connectivity index (χ3n) is 3.29. The number of nitrogens with one attached hydrogen (secondary N) is 1. The minimum atomic E-state index is 0.795. The molecule has 4 nitrogen and oxygen atoms in total. The highest BCUT2D eigenvalue weighted by Crippen LogP contribution is 2.21. The molecule has 0 aliphatic carbocycles. The second-order valence-electron chi connectivity index (χ2n) is 5.28. The Morgan fingerprint density at radius 2 is 1.94 bits per heavy atom. The third kappa shape index (κ3) is 3.40. The first-order valence-corrected chi connectivity index (χ1v) is 6.38. The van der Waals surface area contributed by atoms with Crippen molar-refractivity contribution in [3.63, 3.8) is 0 Å². The van der Waals surface area contributed by atoms with Gasteiger partial charge >= 0.3 is 0 Å². The standard InChI is InChI=1S/C13H22N4/c1-10-4-11(2)8-17(7-10)9-12-5-16-13(14-3)6-15-12/h5-6,10-11H,4,7-9H2,1-3H3,(H,14,16). The van der Waals surface area contributed by atoms with Gasteiger partial charge in [0.15, 0.2) is 0 Å². The largest absolute Gasteiger partial charge is 0.372 e. The van der Waals surface area contributed by atoms with Gasteiger partial charge in [0.25, 0.3) is 0 Å². The zero-order valence-electron chi connectivity index (χ0n) is 11.0. The molecule has 0 amide bonds. The molecular formula is C13H22N4. The number of likely N-dealkylation sites (tertiary alicyclic amines) is 1. The predicted octanol–water partition coefficient (Wildman–Crippen LogP) is 2.00. The second kappa shape index (κ2) is 5.45. The Hall–Kier alpha value is -1.16. The van der Waals surface area contributed by atoms with Crippen LogP contribution in [0.3, 0.4) is 0 Å². The highest BCUT2D eigenvalue weighted by molar-refractivity contribution is 5.29. The van der Waals surface area contributed by atoms with E-state index in [2.05, 4.69) is 34.0 Å². The Balaban J connectivity index is 1.95. The summed E-state index contributed by atoms with van der Waals surface area (Å²) in [6.45, 7) is 7.95. The van der Waals surface area contributed by atoms with Crippen LogP contribution in [0.1, 0.15) is 26.0 Å². The average molecular weight is 234 g/mol. The van der Waals surface area contributed by atoms with Crippen molar-refractivity contribution in [2.24, 2.45) is 11.8 Å². The summed E-state index contributed by atoms with van der Waals surface area (Å²) >= 11 is 0. The first-order valence-electron chi connectivity index (χ1n) is 6.38. The van der Waals surface area contributed by atoms with E-state index in [9.17, 15) is 0 Å². The molecule has 0 spiro atoms. The maximum Gasteiger partial charge on any atom is 0.144 e. The summed E-state index contributed by atoms with van der Waals surface area (Å²) in [5.74, 6) is 2.42.